The third kappa shape index (κ3) is 8.93. The lowest BCUT2D eigenvalue weighted by Crippen LogP contribution is -2.30. The van der Waals surface area contributed by atoms with Gasteiger partial charge in [0.15, 0.2) is 5.82 Å². The molecule has 7 heteroatoms. The standard InChI is InChI=1S/C17H14N4O3.C4H6.C2H6.C2H2/c22-14(23)11-18-17(24)15-19-16(12-7-3-1-4-8-12)21(20-15)13-9-5-2-6-10-13;1-3-4-2;2*1-2/h1-10H,11H2,(H,18,24)(H,22,23);3-4H,1-2H2;1-2H3;1-2H. The lowest BCUT2D eigenvalue weighted by Gasteiger charge is -2.05. The molecule has 0 radical (unpaired) electrons. The summed E-state index contributed by atoms with van der Waals surface area (Å²) in [6.45, 7) is 10.2. The van der Waals surface area contributed by atoms with Gasteiger partial charge in [-0.25, -0.2) is 9.67 Å². The van der Waals surface area contributed by atoms with E-state index in [0.717, 1.165) is 11.3 Å². The van der Waals surface area contributed by atoms with Crippen LogP contribution < -0.4 is 5.32 Å². The number of rotatable bonds is 6. The number of allylic oxidation sites excluding steroid dienone is 2. The molecule has 2 N–H and O–H groups in total. The third-order valence-electron chi connectivity index (χ3n) is 3.41. The van der Waals surface area contributed by atoms with Crippen molar-refractivity contribution in [1.82, 2.24) is 20.1 Å². The number of aliphatic carboxylic acids is 1. The van der Waals surface area contributed by atoms with Gasteiger partial charge in [0.2, 0.25) is 5.82 Å². The molecule has 0 saturated heterocycles. The predicted molar refractivity (Wildman–Crippen MR) is 128 cm³/mol. The first kappa shape index (κ1) is 27.6. The number of nitrogens with one attached hydrogen (secondary N) is 1. The van der Waals surface area contributed by atoms with Crippen LogP contribution in [-0.2, 0) is 4.79 Å². The van der Waals surface area contributed by atoms with Crippen LogP contribution in [0.4, 0.5) is 0 Å². The number of carboxylic acids is 1. The average molecular weight is 433 g/mol. The highest BCUT2D eigenvalue weighted by Crippen LogP contribution is 2.20. The molecule has 166 valence electrons. The number of aromatic nitrogens is 3. The summed E-state index contributed by atoms with van der Waals surface area (Å²) in [6.07, 6.45) is 11.3. The zero-order valence-electron chi connectivity index (χ0n) is 18.3. The van der Waals surface area contributed by atoms with Crippen molar-refractivity contribution in [2.24, 2.45) is 0 Å². The number of para-hydroxylation sites is 1. The van der Waals surface area contributed by atoms with E-state index in [1.54, 1.807) is 16.8 Å². The minimum atomic E-state index is -1.13. The molecular weight excluding hydrogens is 404 g/mol. The van der Waals surface area contributed by atoms with E-state index < -0.39 is 18.4 Å². The number of amides is 1. The zero-order chi connectivity index (χ0) is 24.4. The Morgan fingerprint density at radius 1 is 1.00 bits per heavy atom. The summed E-state index contributed by atoms with van der Waals surface area (Å²) >= 11 is 0. The predicted octanol–water partition coefficient (Wildman–Crippen LogP) is 4.38. The Morgan fingerprint density at radius 3 is 1.97 bits per heavy atom. The first-order chi connectivity index (χ1) is 15.6. The van der Waals surface area contributed by atoms with Crippen molar-refractivity contribution in [3.63, 3.8) is 0 Å². The molecule has 1 heterocycles. The first-order valence-electron chi connectivity index (χ1n) is 9.71. The van der Waals surface area contributed by atoms with Crippen molar-refractivity contribution in [3.05, 3.63) is 91.8 Å². The SMILES string of the molecule is C#C.C=CC=C.CC.O=C(O)CNC(=O)c1nc(-c2ccccc2)n(-c2ccccc2)n1. The fraction of sp³-hybridized carbons (Fsp3) is 0.120. The molecule has 0 aliphatic heterocycles. The number of hydrogen-bond donors (Lipinski definition) is 2. The van der Waals surface area contributed by atoms with E-state index in [9.17, 15) is 9.59 Å². The number of benzene rings is 2. The summed E-state index contributed by atoms with van der Waals surface area (Å²) in [5.74, 6) is -1.35. The monoisotopic (exact) mass is 432 g/mol. The average Bonchev–Trinajstić information content (AvgIpc) is 3.32. The number of terminal acetylenes is 1. The largest absolute Gasteiger partial charge is 0.480 e. The van der Waals surface area contributed by atoms with Crippen molar-refractivity contribution in [2.75, 3.05) is 6.54 Å². The zero-order valence-corrected chi connectivity index (χ0v) is 18.3. The molecule has 1 aromatic heterocycles. The van der Waals surface area contributed by atoms with Gasteiger partial charge in [-0.05, 0) is 12.1 Å². The molecule has 2 aromatic carbocycles. The summed E-state index contributed by atoms with van der Waals surface area (Å²) in [4.78, 5) is 26.9. The van der Waals surface area contributed by atoms with E-state index in [4.69, 9.17) is 5.11 Å². The van der Waals surface area contributed by atoms with Crippen LogP contribution in [0.1, 0.15) is 24.5 Å². The molecule has 3 rings (SSSR count). The molecule has 7 nitrogen and oxygen atoms in total. The smallest absolute Gasteiger partial charge is 0.322 e. The van der Waals surface area contributed by atoms with E-state index in [2.05, 4.69) is 41.4 Å². The minimum absolute atomic E-state index is 0.0843. The maximum absolute atomic E-state index is 12.1. The second-order valence-corrected chi connectivity index (χ2v) is 5.42. The Kier molecular flexibility index (Phi) is 14.1. The van der Waals surface area contributed by atoms with Gasteiger partial charge in [0.25, 0.3) is 5.91 Å². The van der Waals surface area contributed by atoms with Gasteiger partial charge in [-0.15, -0.1) is 17.9 Å². The second kappa shape index (κ2) is 16.4. The van der Waals surface area contributed by atoms with Crippen LogP contribution >= 0.6 is 0 Å². The molecule has 0 fully saturated rings. The van der Waals surface area contributed by atoms with Crippen LogP contribution in [0, 0.1) is 12.8 Å². The highest BCUT2D eigenvalue weighted by molar-refractivity contribution is 5.92. The van der Waals surface area contributed by atoms with Crippen LogP contribution in [0.25, 0.3) is 17.1 Å². The van der Waals surface area contributed by atoms with Gasteiger partial charge in [-0.2, -0.15) is 0 Å². The third-order valence-corrected chi connectivity index (χ3v) is 3.41. The van der Waals surface area contributed by atoms with Gasteiger partial charge in [-0.3, -0.25) is 9.59 Å². The number of carboxylic acid groups (broad SMARTS) is 1. The maximum Gasteiger partial charge on any atom is 0.322 e. The molecular formula is C25H28N4O3. The van der Waals surface area contributed by atoms with Crippen LogP contribution in [0.2, 0.25) is 0 Å². The van der Waals surface area contributed by atoms with Crippen LogP contribution in [-0.4, -0.2) is 38.3 Å². The fourth-order valence-electron chi connectivity index (χ4n) is 2.17. The van der Waals surface area contributed by atoms with Gasteiger partial charge < -0.3 is 10.4 Å². The molecule has 0 atom stereocenters. The summed E-state index contributed by atoms with van der Waals surface area (Å²) in [5.41, 5.74) is 1.55. The van der Waals surface area contributed by atoms with Crippen molar-refractivity contribution >= 4 is 11.9 Å². The van der Waals surface area contributed by atoms with Gasteiger partial charge in [0.1, 0.15) is 6.54 Å². The summed E-state index contributed by atoms with van der Waals surface area (Å²) < 4.78 is 1.56. The van der Waals surface area contributed by atoms with Crippen molar-refractivity contribution in [1.29, 1.82) is 0 Å². The van der Waals surface area contributed by atoms with Crippen molar-refractivity contribution in [2.45, 2.75) is 13.8 Å². The highest BCUT2D eigenvalue weighted by atomic mass is 16.4. The topological polar surface area (TPSA) is 97.1 Å². The number of nitrogens with zero attached hydrogens (tertiary/aromatic N) is 3. The van der Waals surface area contributed by atoms with E-state index in [-0.39, 0.29) is 5.82 Å². The van der Waals surface area contributed by atoms with Crippen molar-refractivity contribution < 1.29 is 14.7 Å². The molecule has 0 bridgehead atoms. The minimum Gasteiger partial charge on any atom is -0.480 e. The van der Waals surface area contributed by atoms with E-state index >= 15 is 0 Å². The Labute approximate surface area is 189 Å². The number of hydrogen-bond acceptors (Lipinski definition) is 4. The van der Waals surface area contributed by atoms with E-state index in [1.165, 1.54) is 0 Å². The normalized spacial score (nSPS) is 8.62. The van der Waals surface area contributed by atoms with Gasteiger partial charge in [0, 0.05) is 5.56 Å². The van der Waals surface area contributed by atoms with E-state index in [0.29, 0.717) is 5.82 Å². The van der Waals surface area contributed by atoms with Gasteiger partial charge in [-0.1, -0.05) is 87.7 Å². The van der Waals surface area contributed by atoms with Crippen molar-refractivity contribution in [3.8, 4) is 29.9 Å². The second-order valence-electron chi connectivity index (χ2n) is 5.42. The summed E-state index contributed by atoms with van der Waals surface area (Å²) in [7, 11) is 0. The molecule has 1 amide bonds. The molecule has 0 saturated carbocycles. The van der Waals surface area contributed by atoms with Crippen LogP contribution in [0.15, 0.2) is 86.0 Å². The maximum atomic E-state index is 12.1. The Balaban J connectivity index is 0.00000106. The van der Waals surface area contributed by atoms with Crippen LogP contribution in [0.3, 0.4) is 0 Å². The summed E-state index contributed by atoms with van der Waals surface area (Å²) in [5, 5.41) is 15.2. The quantitative estimate of drug-likeness (QED) is 0.445. The van der Waals surface area contributed by atoms with Gasteiger partial charge >= 0.3 is 5.97 Å². The Bertz CT molecular complexity index is 931. The number of carbonyl (C=O) groups is 2. The first-order valence-corrected chi connectivity index (χ1v) is 9.71. The lowest BCUT2D eigenvalue weighted by atomic mass is 10.2. The molecule has 3 aromatic rings. The Morgan fingerprint density at radius 2 is 1.50 bits per heavy atom. The summed E-state index contributed by atoms with van der Waals surface area (Å²) in [6, 6.07) is 18.6. The molecule has 32 heavy (non-hydrogen) atoms. The van der Waals surface area contributed by atoms with Gasteiger partial charge in [0.05, 0.1) is 5.69 Å². The highest BCUT2D eigenvalue weighted by Gasteiger charge is 2.18. The van der Waals surface area contributed by atoms with Crippen LogP contribution in [0.5, 0.6) is 0 Å². The molecule has 0 spiro atoms. The lowest BCUT2D eigenvalue weighted by molar-refractivity contribution is -0.135. The molecule has 0 aliphatic rings. The van der Waals surface area contributed by atoms with E-state index in [1.807, 2.05) is 74.5 Å². The fourth-order valence-corrected chi connectivity index (χ4v) is 2.17. The number of carbonyl (C=O) groups excluding carboxylic acids is 1. The molecule has 0 aliphatic carbocycles. The molecule has 0 unspecified atom stereocenters. The Hall–Kier alpha value is -4.44.